The van der Waals surface area contributed by atoms with Crippen LogP contribution in [0.5, 0.6) is 0 Å². The second kappa shape index (κ2) is 6.36. The summed E-state index contributed by atoms with van der Waals surface area (Å²) in [5.74, 6) is -1.31. The molecule has 0 saturated carbocycles. The minimum atomic E-state index is -0.957. The van der Waals surface area contributed by atoms with Crippen LogP contribution in [0.25, 0.3) is 0 Å². The van der Waals surface area contributed by atoms with Crippen LogP contribution in [0.4, 0.5) is 11.4 Å². The van der Waals surface area contributed by atoms with Crippen LogP contribution in [0, 0.1) is 0 Å². The van der Waals surface area contributed by atoms with Crippen molar-refractivity contribution in [2.75, 3.05) is 11.1 Å². The van der Waals surface area contributed by atoms with Crippen molar-refractivity contribution in [2.45, 2.75) is 6.42 Å². The summed E-state index contributed by atoms with van der Waals surface area (Å²) in [6.07, 6.45) is 1.25. The number of halogens is 1. The lowest BCUT2D eigenvalue weighted by molar-refractivity contribution is -0.136. The van der Waals surface area contributed by atoms with Crippen molar-refractivity contribution in [1.29, 1.82) is 0 Å². The van der Waals surface area contributed by atoms with Crippen LogP contribution in [0.1, 0.15) is 16.1 Å². The highest BCUT2D eigenvalue weighted by atomic mass is 79.9. The number of nitrogen functional groups attached to an aromatic ring is 1. The standard InChI is InChI=1S/C14H12BrN3O3/c15-8-1-4-11(12(16)5-8)14(21)18-10-3-2-9(17-7-10)6-13(19)20/h1-5,7H,6,16H2,(H,18,21)(H,19,20). The molecule has 1 aromatic heterocycles. The van der Waals surface area contributed by atoms with Gasteiger partial charge in [0.15, 0.2) is 0 Å². The molecule has 0 spiro atoms. The van der Waals surface area contributed by atoms with Crippen LogP contribution >= 0.6 is 15.9 Å². The van der Waals surface area contributed by atoms with Gasteiger partial charge in [-0.15, -0.1) is 0 Å². The summed E-state index contributed by atoms with van der Waals surface area (Å²) in [5.41, 5.74) is 7.39. The van der Waals surface area contributed by atoms with Gasteiger partial charge in [0.05, 0.1) is 29.6 Å². The maximum Gasteiger partial charge on any atom is 0.309 e. The molecule has 0 aliphatic rings. The summed E-state index contributed by atoms with van der Waals surface area (Å²) in [4.78, 5) is 26.6. The average molecular weight is 350 g/mol. The number of benzene rings is 1. The van der Waals surface area contributed by atoms with Crippen molar-refractivity contribution >= 4 is 39.2 Å². The first kappa shape index (κ1) is 15.0. The predicted octanol–water partition coefficient (Wildman–Crippen LogP) is 2.31. The van der Waals surface area contributed by atoms with Crippen molar-refractivity contribution in [2.24, 2.45) is 0 Å². The number of carboxylic acids is 1. The highest BCUT2D eigenvalue weighted by Gasteiger charge is 2.10. The Morgan fingerprint density at radius 3 is 2.62 bits per heavy atom. The van der Waals surface area contributed by atoms with E-state index in [2.05, 4.69) is 26.2 Å². The molecule has 7 heteroatoms. The molecule has 0 radical (unpaired) electrons. The first-order valence-electron chi connectivity index (χ1n) is 5.99. The quantitative estimate of drug-likeness (QED) is 0.734. The molecule has 0 saturated heterocycles. The monoisotopic (exact) mass is 349 g/mol. The van der Waals surface area contributed by atoms with Crippen LogP contribution < -0.4 is 11.1 Å². The number of rotatable bonds is 4. The van der Waals surface area contributed by atoms with Gasteiger partial charge in [0, 0.05) is 10.2 Å². The van der Waals surface area contributed by atoms with E-state index in [9.17, 15) is 9.59 Å². The Labute approximate surface area is 129 Å². The van der Waals surface area contributed by atoms with Crippen molar-refractivity contribution in [3.05, 3.63) is 52.3 Å². The zero-order valence-corrected chi connectivity index (χ0v) is 12.4. The average Bonchev–Trinajstić information content (AvgIpc) is 2.40. The molecule has 0 aliphatic heterocycles. The Hall–Kier alpha value is -2.41. The van der Waals surface area contributed by atoms with Gasteiger partial charge in [-0.3, -0.25) is 14.6 Å². The van der Waals surface area contributed by atoms with E-state index in [1.165, 1.54) is 6.20 Å². The summed E-state index contributed by atoms with van der Waals surface area (Å²) in [6, 6.07) is 8.12. The number of anilines is 2. The Morgan fingerprint density at radius 1 is 1.29 bits per heavy atom. The van der Waals surface area contributed by atoms with Gasteiger partial charge >= 0.3 is 5.97 Å². The molecule has 4 N–H and O–H groups in total. The summed E-state index contributed by atoms with van der Waals surface area (Å²) in [5, 5.41) is 11.3. The van der Waals surface area contributed by atoms with E-state index in [-0.39, 0.29) is 12.3 Å². The Kier molecular flexibility index (Phi) is 4.54. The molecule has 108 valence electrons. The lowest BCUT2D eigenvalue weighted by Crippen LogP contribution is -2.14. The minimum absolute atomic E-state index is 0.159. The number of nitrogens with two attached hydrogens (primary N) is 1. The van der Waals surface area contributed by atoms with Gasteiger partial charge in [-0.2, -0.15) is 0 Å². The number of hydrogen-bond acceptors (Lipinski definition) is 4. The Bertz CT molecular complexity index is 686. The summed E-state index contributed by atoms with van der Waals surface area (Å²) in [7, 11) is 0. The molecule has 0 aliphatic carbocycles. The molecule has 1 aromatic carbocycles. The topological polar surface area (TPSA) is 105 Å². The molecule has 0 unspecified atom stereocenters. The molecule has 1 amide bonds. The van der Waals surface area contributed by atoms with Crippen LogP contribution in [-0.2, 0) is 11.2 Å². The van der Waals surface area contributed by atoms with E-state index in [0.717, 1.165) is 4.47 Å². The normalized spacial score (nSPS) is 10.1. The van der Waals surface area contributed by atoms with Crippen molar-refractivity contribution < 1.29 is 14.7 Å². The predicted molar refractivity (Wildman–Crippen MR) is 82.1 cm³/mol. The second-order valence-corrected chi connectivity index (χ2v) is 5.21. The SMILES string of the molecule is Nc1cc(Br)ccc1C(=O)Nc1ccc(CC(=O)O)nc1. The highest BCUT2D eigenvalue weighted by Crippen LogP contribution is 2.19. The van der Waals surface area contributed by atoms with Crippen molar-refractivity contribution in [1.82, 2.24) is 4.98 Å². The van der Waals surface area contributed by atoms with Gasteiger partial charge in [-0.25, -0.2) is 0 Å². The fraction of sp³-hybridized carbons (Fsp3) is 0.0714. The van der Waals surface area contributed by atoms with Crippen LogP contribution in [0.2, 0.25) is 0 Å². The fourth-order valence-electron chi connectivity index (χ4n) is 1.70. The Balaban J connectivity index is 2.10. The Morgan fingerprint density at radius 2 is 2.05 bits per heavy atom. The maximum atomic E-state index is 12.1. The summed E-state index contributed by atoms with van der Waals surface area (Å²) >= 11 is 3.27. The van der Waals surface area contributed by atoms with E-state index >= 15 is 0 Å². The minimum Gasteiger partial charge on any atom is -0.481 e. The molecule has 2 rings (SSSR count). The molecule has 0 bridgehead atoms. The van der Waals surface area contributed by atoms with E-state index in [0.29, 0.717) is 22.6 Å². The van der Waals surface area contributed by atoms with Crippen molar-refractivity contribution in [3.63, 3.8) is 0 Å². The number of aliphatic carboxylic acids is 1. The third-order valence-corrected chi connectivity index (χ3v) is 3.17. The molecule has 6 nitrogen and oxygen atoms in total. The maximum absolute atomic E-state index is 12.1. The first-order chi connectivity index (χ1) is 9.95. The van der Waals surface area contributed by atoms with E-state index in [4.69, 9.17) is 10.8 Å². The molecule has 0 atom stereocenters. The number of nitrogens with zero attached hydrogens (tertiary/aromatic N) is 1. The molecular weight excluding hydrogens is 338 g/mol. The second-order valence-electron chi connectivity index (χ2n) is 4.29. The van der Waals surface area contributed by atoms with E-state index in [1.807, 2.05) is 0 Å². The van der Waals surface area contributed by atoms with Crippen molar-refractivity contribution in [3.8, 4) is 0 Å². The summed E-state index contributed by atoms with van der Waals surface area (Å²) < 4.78 is 0.788. The van der Waals surface area contributed by atoms with Crippen LogP contribution in [-0.4, -0.2) is 22.0 Å². The van der Waals surface area contributed by atoms with Gasteiger partial charge in [0.2, 0.25) is 0 Å². The largest absolute Gasteiger partial charge is 0.481 e. The molecule has 21 heavy (non-hydrogen) atoms. The number of carboxylic acid groups (broad SMARTS) is 1. The zero-order valence-electron chi connectivity index (χ0n) is 10.8. The van der Waals surface area contributed by atoms with E-state index < -0.39 is 5.97 Å². The lowest BCUT2D eigenvalue weighted by atomic mass is 10.1. The van der Waals surface area contributed by atoms with Gasteiger partial charge in [-0.05, 0) is 30.3 Å². The summed E-state index contributed by atoms with van der Waals surface area (Å²) in [6.45, 7) is 0. The zero-order chi connectivity index (χ0) is 15.4. The molecular formula is C14H12BrN3O3. The van der Waals surface area contributed by atoms with E-state index in [1.54, 1.807) is 30.3 Å². The van der Waals surface area contributed by atoms with Gasteiger partial charge < -0.3 is 16.2 Å². The highest BCUT2D eigenvalue weighted by molar-refractivity contribution is 9.10. The fourth-order valence-corrected chi connectivity index (χ4v) is 2.08. The smallest absolute Gasteiger partial charge is 0.309 e. The number of carbonyl (C=O) groups excluding carboxylic acids is 1. The number of nitrogens with one attached hydrogen (secondary N) is 1. The molecule has 1 heterocycles. The number of pyridine rings is 1. The van der Waals surface area contributed by atoms with Crippen LogP contribution in [0.3, 0.4) is 0 Å². The number of aromatic nitrogens is 1. The van der Waals surface area contributed by atoms with Crippen LogP contribution in [0.15, 0.2) is 41.0 Å². The third kappa shape index (κ3) is 4.03. The van der Waals surface area contributed by atoms with Gasteiger partial charge in [0.25, 0.3) is 5.91 Å². The number of amides is 1. The molecule has 0 fully saturated rings. The lowest BCUT2D eigenvalue weighted by Gasteiger charge is -2.08. The number of carbonyl (C=O) groups is 2. The van der Waals surface area contributed by atoms with Gasteiger partial charge in [-0.1, -0.05) is 15.9 Å². The first-order valence-corrected chi connectivity index (χ1v) is 6.78. The molecule has 2 aromatic rings. The number of hydrogen-bond donors (Lipinski definition) is 3. The van der Waals surface area contributed by atoms with Gasteiger partial charge in [0.1, 0.15) is 0 Å². The third-order valence-electron chi connectivity index (χ3n) is 2.67.